The lowest BCUT2D eigenvalue weighted by atomic mass is 10.1. The summed E-state index contributed by atoms with van der Waals surface area (Å²) in [6.45, 7) is 3.99. The van der Waals surface area contributed by atoms with Gasteiger partial charge in [-0.15, -0.1) is 11.3 Å². The van der Waals surface area contributed by atoms with E-state index in [1.807, 2.05) is 18.2 Å². The molecule has 0 unspecified atom stereocenters. The van der Waals surface area contributed by atoms with Crippen molar-refractivity contribution >= 4 is 33.7 Å². The molecule has 0 radical (unpaired) electrons. The zero-order valence-corrected chi connectivity index (χ0v) is 13.5. The molecule has 3 nitrogen and oxygen atoms in total. The first-order valence-corrected chi connectivity index (χ1v) is 8.52. The van der Waals surface area contributed by atoms with E-state index in [9.17, 15) is 0 Å². The second-order valence-electron chi connectivity index (χ2n) is 4.71. The molecule has 2 aromatic heterocycles. The molecular weight excluding hydrogens is 298 g/mol. The van der Waals surface area contributed by atoms with E-state index in [0.29, 0.717) is 5.82 Å². The monoisotopic (exact) mass is 315 g/mol. The van der Waals surface area contributed by atoms with Gasteiger partial charge in [-0.3, -0.25) is 0 Å². The van der Waals surface area contributed by atoms with Crippen molar-refractivity contribution in [2.45, 2.75) is 13.5 Å². The van der Waals surface area contributed by atoms with Crippen LogP contribution in [0.25, 0.3) is 11.1 Å². The van der Waals surface area contributed by atoms with Gasteiger partial charge in [-0.05, 0) is 35.5 Å². The number of benzene rings is 1. The van der Waals surface area contributed by atoms with Gasteiger partial charge in [-0.25, -0.2) is 0 Å². The van der Waals surface area contributed by atoms with Gasteiger partial charge in [-0.1, -0.05) is 36.4 Å². The van der Waals surface area contributed by atoms with Crippen molar-refractivity contribution in [1.29, 1.82) is 0 Å². The fraction of sp³-hybridized carbons (Fsp3) is 0.188. The minimum Gasteiger partial charge on any atom is -0.382 e. The van der Waals surface area contributed by atoms with Crippen molar-refractivity contribution in [2.24, 2.45) is 0 Å². The van der Waals surface area contributed by atoms with E-state index in [4.69, 9.17) is 5.73 Å². The van der Waals surface area contributed by atoms with Crippen LogP contribution >= 0.6 is 22.9 Å². The van der Waals surface area contributed by atoms with E-state index in [1.54, 1.807) is 11.3 Å². The highest BCUT2D eigenvalue weighted by molar-refractivity contribution is 7.11. The fourth-order valence-corrected chi connectivity index (χ4v) is 3.92. The van der Waals surface area contributed by atoms with Crippen molar-refractivity contribution in [2.75, 3.05) is 17.2 Å². The second kappa shape index (κ2) is 6.28. The number of thiophene rings is 1. The van der Waals surface area contributed by atoms with Crippen LogP contribution < -0.4 is 10.6 Å². The van der Waals surface area contributed by atoms with Crippen LogP contribution in [0.3, 0.4) is 0 Å². The zero-order valence-electron chi connectivity index (χ0n) is 11.8. The molecule has 0 fully saturated rings. The number of nitrogen functional groups attached to an aromatic ring is 1. The minimum absolute atomic E-state index is 0.617. The number of rotatable bonds is 5. The van der Waals surface area contributed by atoms with Gasteiger partial charge in [0.25, 0.3) is 0 Å². The van der Waals surface area contributed by atoms with Gasteiger partial charge >= 0.3 is 0 Å². The molecule has 3 aromatic rings. The minimum atomic E-state index is 0.617. The van der Waals surface area contributed by atoms with Crippen LogP contribution in [0, 0.1) is 0 Å². The molecule has 0 bridgehead atoms. The molecule has 0 aliphatic carbocycles. The first kappa shape index (κ1) is 14.1. The Kier molecular flexibility index (Phi) is 4.22. The topological polar surface area (TPSA) is 42.2 Å². The zero-order chi connectivity index (χ0) is 14.7. The molecule has 0 atom stereocenters. The van der Waals surface area contributed by atoms with Gasteiger partial charge in [0, 0.05) is 11.4 Å². The summed E-state index contributed by atoms with van der Waals surface area (Å²) in [5.41, 5.74) is 8.30. The summed E-state index contributed by atoms with van der Waals surface area (Å²) in [4.78, 5) is 3.69. The Labute approximate surface area is 132 Å². The van der Waals surface area contributed by atoms with Gasteiger partial charge in [-0.2, -0.15) is 4.37 Å². The second-order valence-corrected chi connectivity index (χ2v) is 6.49. The smallest absolute Gasteiger partial charge is 0.147 e. The molecular formula is C16H17N3S2. The van der Waals surface area contributed by atoms with Crippen LogP contribution in [0.2, 0.25) is 0 Å². The van der Waals surface area contributed by atoms with E-state index in [-0.39, 0.29) is 0 Å². The average Bonchev–Trinajstić information content (AvgIpc) is 3.15. The Balaban J connectivity index is 1.98. The van der Waals surface area contributed by atoms with Gasteiger partial charge in [0.1, 0.15) is 10.8 Å². The lowest BCUT2D eigenvalue weighted by Crippen LogP contribution is -2.21. The van der Waals surface area contributed by atoms with Crippen molar-refractivity contribution in [3.8, 4) is 11.1 Å². The Morgan fingerprint density at radius 2 is 1.95 bits per heavy atom. The first-order chi connectivity index (χ1) is 10.3. The number of nitrogens with zero attached hydrogens (tertiary/aromatic N) is 2. The maximum absolute atomic E-state index is 6.11. The quantitative estimate of drug-likeness (QED) is 0.755. The third-order valence-electron chi connectivity index (χ3n) is 3.36. The molecule has 0 amide bonds. The van der Waals surface area contributed by atoms with Crippen LogP contribution in [0.4, 0.5) is 10.8 Å². The van der Waals surface area contributed by atoms with Gasteiger partial charge in [0.15, 0.2) is 0 Å². The fourth-order valence-electron chi connectivity index (χ4n) is 2.30. The Bertz CT molecular complexity index is 690. The molecule has 3 rings (SSSR count). The molecule has 2 heterocycles. The number of hydrogen-bond acceptors (Lipinski definition) is 5. The van der Waals surface area contributed by atoms with Crippen molar-refractivity contribution in [1.82, 2.24) is 4.37 Å². The molecule has 0 aliphatic heterocycles. The third-order valence-corrected chi connectivity index (χ3v) is 5.14. The number of nitrogens with two attached hydrogens (primary N) is 1. The molecule has 0 saturated carbocycles. The highest BCUT2D eigenvalue weighted by Gasteiger charge is 2.18. The number of anilines is 2. The third kappa shape index (κ3) is 2.94. The molecule has 1 aromatic carbocycles. The first-order valence-electron chi connectivity index (χ1n) is 6.87. The van der Waals surface area contributed by atoms with E-state index < -0.39 is 0 Å². The summed E-state index contributed by atoms with van der Waals surface area (Å²) in [6, 6.07) is 14.5. The van der Waals surface area contributed by atoms with Crippen molar-refractivity contribution in [3.05, 3.63) is 52.7 Å². The molecule has 2 N–H and O–H groups in total. The Morgan fingerprint density at radius 3 is 2.62 bits per heavy atom. The molecule has 0 spiro atoms. The highest BCUT2D eigenvalue weighted by atomic mass is 32.1. The standard InChI is InChI=1S/C16H17N3S2/c1-2-19(11-13-9-6-10-20-13)16-14(15(17)18-21-16)12-7-4-3-5-8-12/h3-10H,2,11H2,1H3,(H2,17,18). The lowest BCUT2D eigenvalue weighted by Gasteiger charge is -2.21. The summed E-state index contributed by atoms with van der Waals surface area (Å²) in [5, 5.41) is 3.26. The molecule has 21 heavy (non-hydrogen) atoms. The van der Waals surface area contributed by atoms with E-state index in [1.165, 1.54) is 16.4 Å². The maximum Gasteiger partial charge on any atom is 0.147 e. The molecule has 108 valence electrons. The Morgan fingerprint density at radius 1 is 1.14 bits per heavy atom. The lowest BCUT2D eigenvalue weighted by molar-refractivity contribution is 0.853. The molecule has 5 heteroatoms. The number of hydrogen-bond donors (Lipinski definition) is 1. The summed E-state index contributed by atoms with van der Waals surface area (Å²) in [6.07, 6.45) is 0. The molecule has 0 saturated heterocycles. The summed E-state index contributed by atoms with van der Waals surface area (Å²) < 4.78 is 4.37. The SMILES string of the molecule is CCN(Cc1cccs1)c1snc(N)c1-c1ccccc1. The predicted molar refractivity (Wildman–Crippen MR) is 93.0 cm³/mol. The summed E-state index contributed by atoms with van der Waals surface area (Å²) >= 11 is 3.26. The predicted octanol–water partition coefficient (Wildman–Crippen LogP) is 4.48. The maximum atomic E-state index is 6.11. The average molecular weight is 315 g/mol. The van der Waals surface area contributed by atoms with Crippen molar-refractivity contribution < 1.29 is 0 Å². The van der Waals surface area contributed by atoms with Crippen molar-refractivity contribution in [3.63, 3.8) is 0 Å². The number of aromatic nitrogens is 1. The van der Waals surface area contributed by atoms with Crippen LogP contribution in [0.15, 0.2) is 47.8 Å². The van der Waals surface area contributed by atoms with Gasteiger partial charge in [0.05, 0.1) is 12.1 Å². The van der Waals surface area contributed by atoms with Crippen LogP contribution in [-0.2, 0) is 6.54 Å². The van der Waals surface area contributed by atoms with Crippen LogP contribution in [0.5, 0.6) is 0 Å². The van der Waals surface area contributed by atoms with Crippen LogP contribution in [0.1, 0.15) is 11.8 Å². The van der Waals surface area contributed by atoms with Gasteiger partial charge < -0.3 is 10.6 Å². The summed E-state index contributed by atoms with van der Waals surface area (Å²) in [7, 11) is 0. The van der Waals surface area contributed by atoms with E-state index >= 15 is 0 Å². The summed E-state index contributed by atoms with van der Waals surface area (Å²) in [5.74, 6) is 0.617. The van der Waals surface area contributed by atoms with Gasteiger partial charge in [0.2, 0.25) is 0 Å². The Hall–Kier alpha value is -1.85. The normalized spacial score (nSPS) is 10.7. The van der Waals surface area contributed by atoms with E-state index in [0.717, 1.165) is 29.2 Å². The largest absolute Gasteiger partial charge is 0.382 e. The van der Waals surface area contributed by atoms with E-state index in [2.05, 4.69) is 45.8 Å². The highest BCUT2D eigenvalue weighted by Crippen LogP contribution is 2.39. The van der Waals surface area contributed by atoms with Crippen LogP contribution in [-0.4, -0.2) is 10.9 Å². The molecule has 0 aliphatic rings.